The highest BCUT2D eigenvalue weighted by Gasteiger charge is 2.22. The number of fused-ring (bicyclic) bond motifs is 2. The summed E-state index contributed by atoms with van der Waals surface area (Å²) in [5, 5.41) is 3.66. The maximum absolute atomic E-state index is 6.34. The number of para-hydroxylation sites is 1. The van der Waals surface area contributed by atoms with Crippen molar-refractivity contribution in [3.05, 3.63) is 36.4 Å². The number of anilines is 4. The van der Waals surface area contributed by atoms with E-state index in [1.54, 1.807) is 0 Å². The minimum absolute atomic E-state index is 0.905. The zero-order valence-corrected chi connectivity index (χ0v) is 17.9. The van der Waals surface area contributed by atoms with Gasteiger partial charge in [0.25, 0.3) is 0 Å². The third kappa shape index (κ3) is 4.37. The molecule has 0 aromatic heterocycles. The predicted molar refractivity (Wildman–Crippen MR) is 122 cm³/mol. The van der Waals surface area contributed by atoms with Crippen LogP contribution >= 0.6 is 0 Å². The number of unbranched alkanes of at least 4 members (excludes halogenated alkanes) is 2. The minimum atomic E-state index is 0.905. The molecule has 4 heteroatoms. The molecule has 0 atom stereocenters. The Kier molecular flexibility index (Phi) is 7.07. The van der Waals surface area contributed by atoms with Crippen LogP contribution in [0.25, 0.3) is 0 Å². The Morgan fingerprint density at radius 2 is 1.54 bits per heavy atom. The molecule has 2 aromatic rings. The molecule has 2 aromatic carbocycles. The van der Waals surface area contributed by atoms with Crippen molar-refractivity contribution in [3.63, 3.8) is 0 Å². The van der Waals surface area contributed by atoms with E-state index in [-0.39, 0.29) is 0 Å². The molecular formula is C24H35N3O. The second-order valence-electron chi connectivity index (χ2n) is 7.42. The first-order chi connectivity index (χ1) is 13.7. The van der Waals surface area contributed by atoms with E-state index in [1.165, 1.54) is 37.1 Å². The Labute approximate surface area is 170 Å². The lowest BCUT2D eigenvalue weighted by atomic mass is 10.1. The van der Waals surface area contributed by atoms with Crippen molar-refractivity contribution in [2.24, 2.45) is 0 Å². The fraction of sp³-hybridized carbons (Fsp3) is 0.500. The number of hydrogen-bond acceptors (Lipinski definition) is 4. The van der Waals surface area contributed by atoms with Crippen LogP contribution in [0.15, 0.2) is 36.4 Å². The second kappa shape index (κ2) is 9.72. The number of nitrogens with one attached hydrogen (secondary N) is 1. The first-order valence-corrected chi connectivity index (χ1v) is 10.9. The van der Waals surface area contributed by atoms with Gasteiger partial charge in [-0.1, -0.05) is 32.8 Å². The Morgan fingerprint density at radius 1 is 0.821 bits per heavy atom. The van der Waals surface area contributed by atoms with E-state index in [2.05, 4.69) is 79.2 Å². The average Bonchev–Trinajstić information content (AvgIpc) is 2.73. The third-order valence-electron chi connectivity index (χ3n) is 5.48. The van der Waals surface area contributed by atoms with Gasteiger partial charge in [0.1, 0.15) is 5.69 Å². The molecule has 28 heavy (non-hydrogen) atoms. The first-order valence-electron chi connectivity index (χ1n) is 10.9. The normalized spacial score (nSPS) is 11.9. The van der Waals surface area contributed by atoms with Gasteiger partial charge in [-0.15, -0.1) is 0 Å². The quantitative estimate of drug-likeness (QED) is 0.418. The van der Waals surface area contributed by atoms with Crippen LogP contribution in [0.5, 0.6) is 11.5 Å². The number of benzene rings is 2. The van der Waals surface area contributed by atoms with Gasteiger partial charge in [0.15, 0.2) is 11.5 Å². The van der Waals surface area contributed by atoms with Gasteiger partial charge in [-0.05, 0) is 51.0 Å². The molecule has 1 aliphatic rings. The SMILES string of the molecule is CCCCN(CCCC)c1cccc2c1Nc1ccc(N(CC)CC)cc1O2. The summed E-state index contributed by atoms with van der Waals surface area (Å²) in [6.07, 6.45) is 4.83. The average molecular weight is 382 g/mol. The number of ether oxygens (including phenoxy) is 1. The lowest BCUT2D eigenvalue weighted by molar-refractivity contribution is 0.481. The Hall–Kier alpha value is -2.36. The highest BCUT2D eigenvalue weighted by molar-refractivity contribution is 5.86. The highest BCUT2D eigenvalue weighted by Crippen LogP contribution is 2.47. The molecule has 0 bridgehead atoms. The maximum Gasteiger partial charge on any atom is 0.153 e. The summed E-state index contributed by atoms with van der Waals surface area (Å²) in [5.41, 5.74) is 4.59. The molecule has 0 amide bonds. The van der Waals surface area contributed by atoms with Gasteiger partial charge in [-0.25, -0.2) is 0 Å². The van der Waals surface area contributed by atoms with Crippen LogP contribution in [-0.2, 0) is 0 Å². The van der Waals surface area contributed by atoms with E-state index in [1.807, 2.05) is 0 Å². The zero-order chi connectivity index (χ0) is 19.9. The Morgan fingerprint density at radius 3 is 2.18 bits per heavy atom. The summed E-state index contributed by atoms with van der Waals surface area (Å²) >= 11 is 0. The maximum atomic E-state index is 6.34. The molecule has 1 aliphatic heterocycles. The molecule has 152 valence electrons. The summed E-state index contributed by atoms with van der Waals surface area (Å²) in [6, 6.07) is 12.9. The number of rotatable bonds is 10. The van der Waals surface area contributed by atoms with Crippen LogP contribution < -0.4 is 19.9 Å². The Bertz CT molecular complexity index is 762. The molecule has 0 radical (unpaired) electrons. The number of hydrogen-bond donors (Lipinski definition) is 1. The molecule has 0 fully saturated rings. The van der Waals surface area contributed by atoms with E-state index in [0.29, 0.717) is 0 Å². The van der Waals surface area contributed by atoms with Gasteiger partial charge in [0.05, 0.1) is 11.4 Å². The van der Waals surface area contributed by atoms with Gasteiger partial charge in [-0.3, -0.25) is 0 Å². The summed E-state index contributed by atoms with van der Waals surface area (Å²) in [5.74, 6) is 1.82. The van der Waals surface area contributed by atoms with E-state index in [4.69, 9.17) is 4.74 Å². The van der Waals surface area contributed by atoms with Crippen LogP contribution in [0.1, 0.15) is 53.4 Å². The molecule has 1 heterocycles. The highest BCUT2D eigenvalue weighted by atomic mass is 16.5. The standard InChI is InChI=1S/C24H35N3O/c1-5-9-16-27(17-10-6-2)21-12-11-13-22-24(21)25-20-15-14-19(18-23(20)28-22)26(7-3)8-4/h11-15,18,25H,5-10,16-17H2,1-4H3. The first kappa shape index (κ1) is 20.4. The van der Waals surface area contributed by atoms with E-state index in [9.17, 15) is 0 Å². The monoisotopic (exact) mass is 381 g/mol. The molecule has 0 saturated heterocycles. The molecule has 0 unspecified atom stereocenters. The molecule has 0 saturated carbocycles. The third-order valence-corrected chi connectivity index (χ3v) is 5.48. The van der Waals surface area contributed by atoms with Crippen molar-refractivity contribution >= 4 is 22.7 Å². The predicted octanol–water partition coefficient (Wildman–Crippen LogP) is 6.79. The van der Waals surface area contributed by atoms with Gasteiger partial charge >= 0.3 is 0 Å². The van der Waals surface area contributed by atoms with E-state index in [0.717, 1.165) is 49.1 Å². The van der Waals surface area contributed by atoms with Crippen molar-refractivity contribution in [2.45, 2.75) is 53.4 Å². The van der Waals surface area contributed by atoms with Crippen molar-refractivity contribution < 1.29 is 4.74 Å². The lowest BCUT2D eigenvalue weighted by Crippen LogP contribution is -2.26. The second-order valence-corrected chi connectivity index (χ2v) is 7.42. The van der Waals surface area contributed by atoms with Crippen molar-refractivity contribution in [1.82, 2.24) is 0 Å². The van der Waals surface area contributed by atoms with Gasteiger partial charge in [0.2, 0.25) is 0 Å². The fourth-order valence-corrected chi connectivity index (χ4v) is 3.78. The zero-order valence-electron chi connectivity index (χ0n) is 17.9. The Balaban J connectivity index is 1.89. The van der Waals surface area contributed by atoms with Crippen LogP contribution in [-0.4, -0.2) is 26.2 Å². The smallest absolute Gasteiger partial charge is 0.153 e. The van der Waals surface area contributed by atoms with Gasteiger partial charge in [0, 0.05) is 37.9 Å². The topological polar surface area (TPSA) is 27.7 Å². The lowest BCUT2D eigenvalue weighted by Gasteiger charge is -2.31. The van der Waals surface area contributed by atoms with Crippen LogP contribution in [0, 0.1) is 0 Å². The summed E-state index contributed by atoms with van der Waals surface area (Å²) in [6.45, 7) is 13.0. The molecular weight excluding hydrogens is 346 g/mol. The van der Waals surface area contributed by atoms with Crippen molar-refractivity contribution in [3.8, 4) is 11.5 Å². The summed E-state index contributed by atoms with van der Waals surface area (Å²) < 4.78 is 6.34. The van der Waals surface area contributed by atoms with E-state index < -0.39 is 0 Å². The molecule has 1 N–H and O–H groups in total. The van der Waals surface area contributed by atoms with Gasteiger partial charge in [-0.2, -0.15) is 0 Å². The number of nitrogens with zero attached hydrogens (tertiary/aromatic N) is 2. The molecule has 3 rings (SSSR count). The molecule has 0 spiro atoms. The minimum Gasteiger partial charge on any atom is -0.453 e. The van der Waals surface area contributed by atoms with Crippen molar-refractivity contribution in [1.29, 1.82) is 0 Å². The largest absolute Gasteiger partial charge is 0.453 e. The summed E-state index contributed by atoms with van der Waals surface area (Å²) in [7, 11) is 0. The van der Waals surface area contributed by atoms with Gasteiger partial charge < -0.3 is 19.9 Å². The van der Waals surface area contributed by atoms with E-state index >= 15 is 0 Å². The summed E-state index contributed by atoms with van der Waals surface area (Å²) in [4.78, 5) is 4.85. The molecule has 4 nitrogen and oxygen atoms in total. The van der Waals surface area contributed by atoms with Crippen molar-refractivity contribution in [2.75, 3.05) is 41.3 Å². The van der Waals surface area contributed by atoms with Crippen LogP contribution in [0.2, 0.25) is 0 Å². The fourth-order valence-electron chi connectivity index (χ4n) is 3.78. The molecule has 0 aliphatic carbocycles. The van der Waals surface area contributed by atoms with Crippen LogP contribution in [0.4, 0.5) is 22.7 Å². The van der Waals surface area contributed by atoms with Crippen LogP contribution in [0.3, 0.4) is 0 Å².